The Balaban J connectivity index is 1.96. The van der Waals surface area contributed by atoms with Gasteiger partial charge in [0.15, 0.2) is 0 Å². The molecule has 1 aliphatic heterocycles. The van der Waals surface area contributed by atoms with Gasteiger partial charge >= 0.3 is 0 Å². The van der Waals surface area contributed by atoms with Crippen molar-refractivity contribution in [2.45, 2.75) is 4.90 Å². The lowest BCUT2D eigenvalue weighted by atomic mass is 10.2. The van der Waals surface area contributed by atoms with Gasteiger partial charge in [0, 0.05) is 11.0 Å². The van der Waals surface area contributed by atoms with Crippen molar-refractivity contribution in [3.8, 4) is 5.75 Å². The van der Waals surface area contributed by atoms with E-state index < -0.39 is 0 Å². The molecule has 0 fully saturated rings. The van der Waals surface area contributed by atoms with Crippen LogP contribution >= 0.6 is 23.4 Å². The van der Waals surface area contributed by atoms with Crippen molar-refractivity contribution in [3.63, 3.8) is 0 Å². The van der Waals surface area contributed by atoms with Gasteiger partial charge in [-0.2, -0.15) is 0 Å². The fourth-order valence-corrected chi connectivity index (χ4v) is 2.88. The van der Waals surface area contributed by atoms with E-state index in [1.165, 1.54) is 0 Å². The maximum atomic E-state index is 9.97. The molecule has 0 saturated heterocycles. The molecule has 18 heavy (non-hydrogen) atoms. The quantitative estimate of drug-likeness (QED) is 0.718. The number of phenolic OH excluding ortho intramolecular Hbond substituents is 1. The molecular weight excluding hydrogens is 268 g/mol. The first-order valence-electron chi connectivity index (χ1n) is 5.49. The summed E-state index contributed by atoms with van der Waals surface area (Å²) in [6, 6.07) is 11.1. The number of halogens is 1. The summed E-state index contributed by atoms with van der Waals surface area (Å²) < 4.78 is 0. The predicted octanol–water partition coefficient (Wildman–Crippen LogP) is 4.26. The second kappa shape index (κ2) is 4.63. The van der Waals surface area contributed by atoms with Crippen LogP contribution in [-0.2, 0) is 0 Å². The third kappa shape index (κ3) is 2.09. The molecule has 3 N–H and O–H groups in total. The number of fused-ring (bicyclic) bond motifs is 1. The van der Waals surface area contributed by atoms with Crippen molar-refractivity contribution in [1.82, 2.24) is 0 Å². The zero-order valence-corrected chi connectivity index (χ0v) is 11.0. The van der Waals surface area contributed by atoms with Gasteiger partial charge in [0.2, 0.25) is 0 Å². The smallest absolute Gasteiger partial charge is 0.141 e. The monoisotopic (exact) mass is 278 g/mol. The van der Waals surface area contributed by atoms with Crippen LogP contribution in [0.4, 0.5) is 17.1 Å². The van der Waals surface area contributed by atoms with E-state index in [9.17, 15) is 5.11 Å². The van der Waals surface area contributed by atoms with Crippen LogP contribution < -0.4 is 10.6 Å². The standard InChI is InChI=1S/C13H11ClN2OS/c14-8-3-1-2-4-9(8)16-10-6-13-11(5-12(10)17)15-7-18-13/h1-6,15-17H,7H2. The first-order valence-corrected chi connectivity index (χ1v) is 6.85. The number of hydrogen-bond donors (Lipinski definition) is 3. The normalized spacial score (nSPS) is 12.9. The number of thioether (sulfide) groups is 1. The first kappa shape index (κ1) is 11.6. The lowest BCUT2D eigenvalue weighted by molar-refractivity contribution is 0.477. The average molecular weight is 279 g/mol. The Hall–Kier alpha value is -1.52. The molecule has 0 atom stereocenters. The molecule has 0 unspecified atom stereocenters. The van der Waals surface area contributed by atoms with Crippen LogP contribution in [-0.4, -0.2) is 11.0 Å². The summed E-state index contributed by atoms with van der Waals surface area (Å²) in [4.78, 5) is 1.13. The van der Waals surface area contributed by atoms with Crippen LogP contribution in [0.1, 0.15) is 0 Å². The second-order valence-electron chi connectivity index (χ2n) is 3.94. The van der Waals surface area contributed by atoms with E-state index in [2.05, 4.69) is 10.6 Å². The molecule has 2 aromatic carbocycles. The van der Waals surface area contributed by atoms with E-state index in [4.69, 9.17) is 11.6 Å². The van der Waals surface area contributed by atoms with Gasteiger partial charge in [-0.1, -0.05) is 23.7 Å². The summed E-state index contributed by atoms with van der Waals surface area (Å²) in [5, 5.41) is 16.9. The van der Waals surface area contributed by atoms with E-state index in [-0.39, 0.29) is 5.75 Å². The maximum absolute atomic E-state index is 9.97. The molecule has 0 amide bonds. The fraction of sp³-hybridized carbons (Fsp3) is 0.0769. The molecule has 0 aromatic heterocycles. The van der Waals surface area contributed by atoms with Crippen LogP contribution in [0.2, 0.25) is 5.02 Å². The third-order valence-corrected chi connectivity index (χ3v) is 4.00. The Morgan fingerprint density at radius 1 is 1.22 bits per heavy atom. The van der Waals surface area contributed by atoms with Crippen molar-refractivity contribution in [1.29, 1.82) is 0 Å². The van der Waals surface area contributed by atoms with E-state index in [1.54, 1.807) is 17.8 Å². The number of phenols is 1. The largest absolute Gasteiger partial charge is 0.506 e. The maximum Gasteiger partial charge on any atom is 0.141 e. The predicted molar refractivity (Wildman–Crippen MR) is 77.2 cm³/mol. The summed E-state index contributed by atoms with van der Waals surface area (Å²) in [7, 11) is 0. The summed E-state index contributed by atoms with van der Waals surface area (Å²) in [6.45, 7) is 0. The highest BCUT2D eigenvalue weighted by Crippen LogP contribution is 2.41. The molecule has 5 heteroatoms. The minimum Gasteiger partial charge on any atom is -0.506 e. The van der Waals surface area contributed by atoms with Crippen molar-refractivity contribution in [3.05, 3.63) is 41.4 Å². The molecule has 0 radical (unpaired) electrons. The molecule has 0 bridgehead atoms. The molecule has 0 saturated carbocycles. The van der Waals surface area contributed by atoms with Gasteiger partial charge in [0.25, 0.3) is 0 Å². The molecule has 1 heterocycles. The molecule has 92 valence electrons. The summed E-state index contributed by atoms with van der Waals surface area (Å²) in [6.07, 6.45) is 0. The highest BCUT2D eigenvalue weighted by molar-refractivity contribution is 7.99. The number of anilines is 3. The van der Waals surface area contributed by atoms with Gasteiger partial charge in [0.05, 0.1) is 28.0 Å². The fourth-order valence-electron chi connectivity index (χ4n) is 1.83. The van der Waals surface area contributed by atoms with Crippen molar-refractivity contribution >= 4 is 40.4 Å². The topological polar surface area (TPSA) is 44.3 Å². The van der Waals surface area contributed by atoms with Crippen LogP contribution in [0.3, 0.4) is 0 Å². The number of benzene rings is 2. The first-order chi connectivity index (χ1) is 8.74. The summed E-state index contributed by atoms with van der Waals surface area (Å²) >= 11 is 7.79. The molecule has 2 aromatic rings. The van der Waals surface area contributed by atoms with Crippen LogP contribution in [0, 0.1) is 0 Å². The molecule has 0 aliphatic carbocycles. The van der Waals surface area contributed by atoms with E-state index >= 15 is 0 Å². The van der Waals surface area contributed by atoms with E-state index in [0.29, 0.717) is 10.7 Å². The summed E-state index contributed by atoms with van der Waals surface area (Å²) in [5.74, 6) is 1.05. The Morgan fingerprint density at radius 2 is 2.06 bits per heavy atom. The molecule has 3 nitrogen and oxygen atoms in total. The Morgan fingerprint density at radius 3 is 2.89 bits per heavy atom. The van der Waals surface area contributed by atoms with Crippen molar-refractivity contribution < 1.29 is 5.11 Å². The minimum atomic E-state index is 0.212. The Labute approximate surface area is 114 Å². The second-order valence-corrected chi connectivity index (χ2v) is 5.36. The molecular formula is C13H11ClN2OS. The number of aromatic hydroxyl groups is 1. The van der Waals surface area contributed by atoms with Gasteiger partial charge in [-0.05, 0) is 18.2 Å². The van der Waals surface area contributed by atoms with E-state index in [0.717, 1.165) is 22.1 Å². The number of rotatable bonds is 2. The lowest BCUT2D eigenvalue weighted by Gasteiger charge is -2.11. The van der Waals surface area contributed by atoms with Crippen molar-refractivity contribution in [2.75, 3.05) is 16.5 Å². The minimum absolute atomic E-state index is 0.212. The van der Waals surface area contributed by atoms with Gasteiger partial charge in [-0.15, -0.1) is 11.8 Å². The van der Waals surface area contributed by atoms with Crippen molar-refractivity contribution in [2.24, 2.45) is 0 Å². The number of hydrogen-bond acceptors (Lipinski definition) is 4. The third-order valence-electron chi connectivity index (χ3n) is 2.73. The SMILES string of the molecule is Oc1cc2c(cc1Nc1ccccc1Cl)SCN2. The lowest BCUT2D eigenvalue weighted by Crippen LogP contribution is -1.93. The van der Waals surface area contributed by atoms with Crippen LogP contribution in [0.25, 0.3) is 0 Å². The highest BCUT2D eigenvalue weighted by atomic mass is 35.5. The average Bonchev–Trinajstić information content (AvgIpc) is 2.79. The Bertz CT molecular complexity index is 604. The molecule has 1 aliphatic rings. The van der Waals surface area contributed by atoms with Gasteiger partial charge < -0.3 is 15.7 Å². The molecule has 0 spiro atoms. The highest BCUT2D eigenvalue weighted by Gasteiger charge is 2.14. The summed E-state index contributed by atoms with van der Waals surface area (Å²) in [5.41, 5.74) is 2.42. The zero-order chi connectivity index (χ0) is 12.5. The number of nitrogens with one attached hydrogen (secondary N) is 2. The van der Waals surface area contributed by atoms with Gasteiger partial charge in [-0.25, -0.2) is 0 Å². The molecule has 3 rings (SSSR count). The zero-order valence-electron chi connectivity index (χ0n) is 9.40. The number of para-hydroxylation sites is 1. The Kier molecular flexibility index (Phi) is 2.97. The van der Waals surface area contributed by atoms with Gasteiger partial charge in [0.1, 0.15) is 5.75 Å². The van der Waals surface area contributed by atoms with Crippen LogP contribution in [0.15, 0.2) is 41.3 Å². The van der Waals surface area contributed by atoms with Gasteiger partial charge in [-0.3, -0.25) is 0 Å². The van der Waals surface area contributed by atoms with E-state index in [1.807, 2.05) is 30.3 Å². The van der Waals surface area contributed by atoms with Crippen LogP contribution in [0.5, 0.6) is 5.75 Å².